The van der Waals surface area contributed by atoms with Crippen LogP contribution in [0.5, 0.6) is 0 Å². The number of rotatable bonds is 2. The molecular weight excluding hydrogens is 277 g/mol. The van der Waals surface area contributed by atoms with Crippen molar-refractivity contribution in [3.05, 3.63) is 0 Å². The molecule has 0 atom stereocenters. The summed E-state index contributed by atoms with van der Waals surface area (Å²) in [7, 11) is 1.77. The predicted octanol–water partition coefficient (Wildman–Crippen LogP) is 0.955. The van der Waals surface area contributed by atoms with Crippen molar-refractivity contribution in [2.24, 2.45) is 4.99 Å². The van der Waals surface area contributed by atoms with Crippen molar-refractivity contribution in [2.45, 2.75) is 25.8 Å². The number of nitrogens with one attached hydrogen (secondary N) is 2. The molecule has 4 heteroatoms. The van der Waals surface area contributed by atoms with Gasteiger partial charge in [-0.2, -0.15) is 0 Å². The molecule has 74 valence electrons. The lowest BCUT2D eigenvalue weighted by Crippen LogP contribution is -2.38. The van der Waals surface area contributed by atoms with Crippen LogP contribution in [0.3, 0.4) is 0 Å². The molecule has 0 heterocycles. The first-order chi connectivity index (χ1) is 5.86. The van der Waals surface area contributed by atoms with Gasteiger partial charge in [0.1, 0.15) is 0 Å². The second-order valence-corrected chi connectivity index (χ2v) is 2.77. The highest BCUT2D eigenvalue weighted by Gasteiger charge is 2.21. The van der Waals surface area contributed by atoms with Gasteiger partial charge in [-0.1, -0.05) is 5.92 Å². The minimum absolute atomic E-state index is 0. The number of hydrogen-bond donors (Lipinski definition) is 2. The van der Waals surface area contributed by atoms with Crippen LogP contribution in [-0.2, 0) is 0 Å². The van der Waals surface area contributed by atoms with Crippen LogP contribution < -0.4 is 10.6 Å². The van der Waals surface area contributed by atoms with Gasteiger partial charge >= 0.3 is 0 Å². The van der Waals surface area contributed by atoms with Gasteiger partial charge in [0.15, 0.2) is 5.96 Å². The first-order valence-electron chi connectivity index (χ1n) is 4.23. The van der Waals surface area contributed by atoms with Crippen molar-refractivity contribution >= 4 is 29.9 Å². The van der Waals surface area contributed by atoms with Gasteiger partial charge in [-0.05, 0) is 19.8 Å². The molecule has 1 rings (SSSR count). The van der Waals surface area contributed by atoms with Gasteiger partial charge in [-0.15, -0.1) is 29.9 Å². The fraction of sp³-hybridized carbons (Fsp3) is 0.667. The van der Waals surface area contributed by atoms with Crippen molar-refractivity contribution in [2.75, 3.05) is 13.6 Å². The molecule has 0 aromatic heterocycles. The van der Waals surface area contributed by atoms with Crippen molar-refractivity contribution in [1.82, 2.24) is 10.6 Å². The number of aliphatic imine (C=N–C) groups is 1. The fourth-order valence-corrected chi connectivity index (χ4v) is 0.832. The first kappa shape index (κ1) is 12.6. The van der Waals surface area contributed by atoms with Crippen molar-refractivity contribution in [1.29, 1.82) is 0 Å². The lowest BCUT2D eigenvalue weighted by molar-refractivity contribution is 0.846. The van der Waals surface area contributed by atoms with E-state index in [9.17, 15) is 0 Å². The van der Waals surface area contributed by atoms with E-state index in [1.165, 1.54) is 12.8 Å². The van der Waals surface area contributed by atoms with Gasteiger partial charge in [-0.25, -0.2) is 0 Å². The van der Waals surface area contributed by atoms with Crippen LogP contribution in [0.25, 0.3) is 0 Å². The summed E-state index contributed by atoms with van der Waals surface area (Å²) in [6.07, 6.45) is 2.53. The normalized spacial score (nSPS) is 15.1. The zero-order chi connectivity index (χ0) is 8.81. The minimum atomic E-state index is 0. The first-order valence-corrected chi connectivity index (χ1v) is 4.23. The molecule has 0 bridgehead atoms. The summed E-state index contributed by atoms with van der Waals surface area (Å²) in [5, 5.41) is 6.38. The van der Waals surface area contributed by atoms with E-state index in [1.807, 2.05) is 6.92 Å². The predicted molar refractivity (Wildman–Crippen MR) is 66.4 cm³/mol. The highest BCUT2D eigenvalue weighted by molar-refractivity contribution is 14.0. The van der Waals surface area contributed by atoms with Crippen LogP contribution in [0.4, 0.5) is 0 Å². The Labute approximate surface area is 96.8 Å². The maximum Gasteiger partial charge on any atom is 0.191 e. The van der Waals surface area contributed by atoms with Crippen LogP contribution in [0.2, 0.25) is 0 Å². The minimum Gasteiger partial charge on any atom is -0.354 e. The molecule has 0 saturated heterocycles. The summed E-state index contributed by atoms with van der Waals surface area (Å²) in [6.45, 7) is 2.50. The SMILES string of the molecule is CC#CCNC(=NC)NC1CC1.I. The molecule has 2 N–H and O–H groups in total. The maximum absolute atomic E-state index is 4.07. The third-order valence-corrected chi connectivity index (χ3v) is 1.66. The fourth-order valence-electron chi connectivity index (χ4n) is 0.832. The molecule has 1 aliphatic carbocycles. The van der Waals surface area contributed by atoms with Gasteiger partial charge in [0.2, 0.25) is 0 Å². The lowest BCUT2D eigenvalue weighted by atomic mass is 10.6. The third kappa shape index (κ3) is 5.75. The second-order valence-electron chi connectivity index (χ2n) is 2.77. The quantitative estimate of drug-likeness (QED) is 0.344. The molecule has 0 unspecified atom stereocenters. The third-order valence-electron chi connectivity index (χ3n) is 1.66. The molecule has 3 nitrogen and oxygen atoms in total. The van der Waals surface area contributed by atoms with E-state index in [2.05, 4.69) is 27.5 Å². The Morgan fingerprint density at radius 2 is 2.23 bits per heavy atom. The van der Waals surface area contributed by atoms with E-state index >= 15 is 0 Å². The Bertz CT molecular complexity index is 223. The summed E-state index contributed by atoms with van der Waals surface area (Å²) in [5.74, 6) is 6.61. The Kier molecular flexibility index (Phi) is 6.77. The van der Waals surface area contributed by atoms with Gasteiger partial charge in [-0.3, -0.25) is 4.99 Å². The smallest absolute Gasteiger partial charge is 0.191 e. The Morgan fingerprint density at radius 1 is 1.54 bits per heavy atom. The number of nitrogens with zero attached hydrogens (tertiary/aromatic N) is 1. The van der Waals surface area contributed by atoms with E-state index in [0.717, 1.165) is 5.96 Å². The Hall–Kier alpha value is -0.440. The van der Waals surface area contributed by atoms with E-state index in [0.29, 0.717) is 12.6 Å². The molecule has 1 fully saturated rings. The Morgan fingerprint density at radius 3 is 2.69 bits per heavy atom. The van der Waals surface area contributed by atoms with E-state index < -0.39 is 0 Å². The average Bonchev–Trinajstić information content (AvgIpc) is 2.87. The molecule has 1 aliphatic rings. The van der Waals surface area contributed by atoms with Crippen LogP contribution in [0.15, 0.2) is 4.99 Å². The zero-order valence-electron chi connectivity index (χ0n) is 8.05. The summed E-state index contributed by atoms with van der Waals surface area (Å²) in [6, 6.07) is 0.644. The van der Waals surface area contributed by atoms with Gasteiger partial charge in [0.25, 0.3) is 0 Å². The average molecular weight is 293 g/mol. The standard InChI is InChI=1S/C9H15N3.HI/c1-3-4-7-11-9(10-2)12-8-5-6-8;/h8H,5-7H2,1-2H3,(H2,10,11,12);1H. The topological polar surface area (TPSA) is 36.4 Å². The van der Waals surface area contributed by atoms with E-state index in [-0.39, 0.29) is 24.0 Å². The Balaban J connectivity index is 0.00000144. The molecule has 13 heavy (non-hydrogen) atoms. The number of hydrogen-bond acceptors (Lipinski definition) is 1. The highest BCUT2D eigenvalue weighted by Crippen LogP contribution is 2.18. The van der Waals surface area contributed by atoms with Crippen molar-refractivity contribution < 1.29 is 0 Å². The van der Waals surface area contributed by atoms with Gasteiger partial charge < -0.3 is 10.6 Å². The van der Waals surface area contributed by atoms with Crippen LogP contribution in [-0.4, -0.2) is 25.6 Å². The van der Waals surface area contributed by atoms with Crippen LogP contribution >= 0.6 is 24.0 Å². The highest BCUT2D eigenvalue weighted by atomic mass is 127. The zero-order valence-corrected chi connectivity index (χ0v) is 10.4. The second kappa shape index (κ2) is 7.01. The summed E-state index contributed by atoms with van der Waals surface area (Å²) in [5.41, 5.74) is 0. The molecule has 0 amide bonds. The van der Waals surface area contributed by atoms with Crippen molar-refractivity contribution in [3.8, 4) is 11.8 Å². The summed E-state index contributed by atoms with van der Waals surface area (Å²) < 4.78 is 0. The van der Waals surface area contributed by atoms with Crippen LogP contribution in [0, 0.1) is 11.8 Å². The molecule has 1 saturated carbocycles. The van der Waals surface area contributed by atoms with Crippen molar-refractivity contribution in [3.63, 3.8) is 0 Å². The number of halogens is 1. The largest absolute Gasteiger partial charge is 0.354 e. The molecule has 0 aromatic carbocycles. The molecular formula is C9H16IN3. The number of guanidine groups is 1. The maximum atomic E-state index is 4.07. The lowest BCUT2D eigenvalue weighted by Gasteiger charge is -2.07. The molecule has 0 aliphatic heterocycles. The van der Waals surface area contributed by atoms with E-state index in [1.54, 1.807) is 7.05 Å². The summed E-state index contributed by atoms with van der Waals surface area (Å²) in [4.78, 5) is 4.07. The monoisotopic (exact) mass is 293 g/mol. The van der Waals surface area contributed by atoms with Gasteiger partial charge in [0.05, 0.1) is 6.54 Å². The molecule has 0 radical (unpaired) electrons. The van der Waals surface area contributed by atoms with E-state index in [4.69, 9.17) is 0 Å². The van der Waals surface area contributed by atoms with Gasteiger partial charge in [0, 0.05) is 13.1 Å². The molecule has 0 aromatic rings. The summed E-state index contributed by atoms with van der Waals surface area (Å²) >= 11 is 0. The van der Waals surface area contributed by atoms with Crippen LogP contribution in [0.1, 0.15) is 19.8 Å². The molecule has 0 spiro atoms.